The van der Waals surface area contributed by atoms with E-state index < -0.39 is 6.10 Å². The molecule has 1 aromatic heterocycles. The number of aliphatic hydroxyl groups is 1. The van der Waals surface area contributed by atoms with Crippen molar-refractivity contribution in [2.45, 2.75) is 64.4 Å². The molecule has 0 spiro atoms. The molecule has 1 N–H and O–H groups in total. The largest absolute Gasteiger partial charge is 0.463 e. The van der Waals surface area contributed by atoms with Crippen LogP contribution >= 0.6 is 0 Å². The van der Waals surface area contributed by atoms with Crippen molar-refractivity contribution >= 4 is 0 Å². The van der Waals surface area contributed by atoms with Gasteiger partial charge in [-0.05, 0) is 42.7 Å². The molecular formula is C17H26O2. The summed E-state index contributed by atoms with van der Waals surface area (Å²) in [6.07, 6.45) is 7.02. The van der Waals surface area contributed by atoms with E-state index in [1.165, 1.54) is 32.1 Å². The fourth-order valence-corrected chi connectivity index (χ4v) is 3.82. The summed E-state index contributed by atoms with van der Waals surface area (Å²) in [5, 5.41) is 10.6. The molecule has 0 saturated heterocycles. The Balaban J connectivity index is 1.71. The molecule has 0 amide bonds. The van der Waals surface area contributed by atoms with Gasteiger partial charge in [-0.1, -0.05) is 39.5 Å². The summed E-state index contributed by atoms with van der Waals surface area (Å²) in [6.45, 7) is 4.51. The van der Waals surface area contributed by atoms with Gasteiger partial charge < -0.3 is 9.52 Å². The Morgan fingerprint density at radius 3 is 2.74 bits per heavy atom. The second-order valence-electron chi connectivity index (χ2n) is 6.62. The minimum atomic E-state index is -0.395. The Labute approximate surface area is 116 Å². The second-order valence-corrected chi connectivity index (χ2v) is 6.62. The lowest BCUT2D eigenvalue weighted by molar-refractivity contribution is 0.0290. The lowest BCUT2D eigenvalue weighted by Gasteiger charge is -2.33. The lowest BCUT2D eigenvalue weighted by Crippen LogP contribution is -2.25. The van der Waals surface area contributed by atoms with Gasteiger partial charge in [-0.15, -0.1) is 0 Å². The number of aliphatic hydroxyl groups excluding tert-OH is 1. The van der Waals surface area contributed by atoms with Gasteiger partial charge in [0.05, 0.1) is 0 Å². The zero-order valence-corrected chi connectivity index (χ0v) is 12.1. The fourth-order valence-electron chi connectivity index (χ4n) is 3.82. The van der Waals surface area contributed by atoms with Gasteiger partial charge in [-0.2, -0.15) is 0 Å². The van der Waals surface area contributed by atoms with Gasteiger partial charge in [0.15, 0.2) is 0 Å². The highest BCUT2D eigenvalue weighted by Gasteiger charge is 2.38. The summed E-state index contributed by atoms with van der Waals surface area (Å²) in [6, 6.07) is 4.09. The van der Waals surface area contributed by atoms with Gasteiger partial charge in [-0.3, -0.25) is 0 Å². The van der Waals surface area contributed by atoms with Crippen LogP contribution in [0, 0.1) is 17.8 Å². The molecule has 1 aromatic rings. The minimum absolute atomic E-state index is 0.395. The first kappa shape index (κ1) is 13.2. The fraction of sp³-hybridized carbons (Fsp3) is 0.765. The van der Waals surface area contributed by atoms with Gasteiger partial charge in [0.1, 0.15) is 17.6 Å². The molecule has 0 aliphatic heterocycles. The van der Waals surface area contributed by atoms with Crippen molar-refractivity contribution in [1.29, 1.82) is 0 Å². The molecule has 19 heavy (non-hydrogen) atoms. The molecule has 2 fully saturated rings. The van der Waals surface area contributed by atoms with E-state index in [9.17, 15) is 5.11 Å². The number of furan rings is 1. The predicted molar refractivity (Wildman–Crippen MR) is 75.9 cm³/mol. The van der Waals surface area contributed by atoms with E-state index in [0.717, 1.165) is 23.9 Å². The quantitative estimate of drug-likeness (QED) is 0.856. The number of hydrogen-bond donors (Lipinski definition) is 1. The van der Waals surface area contributed by atoms with Crippen LogP contribution in [0.4, 0.5) is 0 Å². The highest BCUT2D eigenvalue weighted by molar-refractivity contribution is 5.19. The van der Waals surface area contributed by atoms with Crippen LogP contribution in [-0.2, 0) is 0 Å². The van der Waals surface area contributed by atoms with E-state index >= 15 is 0 Å². The molecule has 5 atom stereocenters. The average molecular weight is 262 g/mol. The van der Waals surface area contributed by atoms with E-state index in [2.05, 4.69) is 19.9 Å². The summed E-state index contributed by atoms with van der Waals surface area (Å²) in [5.41, 5.74) is 0. The Morgan fingerprint density at radius 2 is 2.05 bits per heavy atom. The average Bonchev–Trinajstić information content (AvgIpc) is 2.98. The SMILES string of the molecule is CCC1CCCCC1C(O)c1ccc(C2CC2C)o1. The standard InChI is InChI=1S/C17H26O2/c1-3-12-6-4-5-7-13(12)17(18)16-9-8-15(19-16)14-10-11(14)2/h8-9,11-14,17-18H,3-7,10H2,1-2H3. The second kappa shape index (κ2) is 5.32. The van der Waals surface area contributed by atoms with Crippen LogP contribution in [0.1, 0.15) is 75.9 Å². The van der Waals surface area contributed by atoms with Gasteiger partial charge in [0, 0.05) is 5.92 Å². The molecule has 0 bridgehead atoms. The molecular weight excluding hydrogens is 236 g/mol. The van der Waals surface area contributed by atoms with Gasteiger partial charge >= 0.3 is 0 Å². The minimum Gasteiger partial charge on any atom is -0.463 e. The van der Waals surface area contributed by atoms with E-state index in [-0.39, 0.29) is 0 Å². The Morgan fingerprint density at radius 1 is 1.32 bits per heavy atom. The summed E-state index contributed by atoms with van der Waals surface area (Å²) in [4.78, 5) is 0. The van der Waals surface area contributed by atoms with Gasteiger partial charge in [0.2, 0.25) is 0 Å². The maximum absolute atomic E-state index is 10.6. The van der Waals surface area contributed by atoms with Crippen LogP contribution in [0.3, 0.4) is 0 Å². The van der Waals surface area contributed by atoms with Crippen LogP contribution in [0.2, 0.25) is 0 Å². The van der Waals surface area contributed by atoms with Crippen molar-refractivity contribution in [3.8, 4) is 0 Å². The molecule has 106 valence electrons. The highest BCUT2D eigenvalue weighted by Crippen LogP contribution is 2.48. The van der Waals surface area contributed by atoms with Crippen molar-refractivity contribution < 1.29 is 9.52 Å². The lowest BCUT2D eigenvalue weighted by atomic mass is 9.74. The Hall–Kier alpha value is -0.760. The zero-order chi connectivity index (χ0) is 13.4. The molecule has 2 aliphatic rings. The third-order valence-corrected chi connectivity index (χ3v) is 5.31. The molecule has 3 rings (SSSR count). The van der Waals surface area contributed by atoms with Crippen LogP contribution in [0.15, 0.2) is 16.5 Å². The van der Waals surface area contributed by atoms with Crippen LogP contribution in [-0.4, -0.2) is 5.11 Å². The molecule has 2 heteroatoms. The summed E-state index contributed by atoms with van der Waals surface area (Å²) < 4.78 is 5.94. The van der Waals surface area contributed by atoms with E-state index in [1.807, 2.05) is 6.07 Å². The van der Waals surface area contributed by atoms with Crippen LogP contribution in [0.5, 0.6) is 0 Å². The number of hydrogen-bond acceptors (Lipinski definition) is 2. The molecule has 0 aromatic carbocycles. The summed E-state index contributed by atoms with van der Waals surface area (Å²) >= 11 is 0. The maximum atomic E-state index is 10.6. The van der Waals surface area contributed by atoms with Crippen molar-refractivity contribution in [2.75, 3.05) is 0 Å². The third-order valence-electron chi connectivity index (χ3n) is 5.31. The number of rotatable bonds is 4. The van der Waals surface area contributed by atoms with Crippen LogP contribution < -0.4 is 0 Å². The summed E-state index contributed by atoms with van der Waals surface area (Å²) in [7, 11) is 0. The zero-order valence-electron chi connectivity index (χ0n) is 12.1. The molecule has 2 nitrogen and oxygen atoms in total. The van der Waals surface area contributed by atoms with Crippen LogP contribution in [0.25, 0.3) is 0 Å². The van der Waals surface area contributed by atoms with Crippen molar-refractivity contribution in [3.05, 3.63) is 23.7 Å². The maximum Gasteiger partial charge on any atom is 0.132 e. The molecule has 1 heterocycles. The van der Waals surface area contributed by atoms with E-state index in [4.69, 9.17) is 4.42 Å². The molecule has 5 unspecified atom stereocenters. The van der Waals surface area contributed by atoms with E-state index in [1.54, 1.807) is 0 Å². The molecule has 0 radical (unpaired) electrons. The first-order valence-corrected chi connectivity index (χ1v) is 7.98. The highest BCUT2D eigenvalue weighted by atomic mass is 16.4. The smallest absolute Gasteiger partial charge is 0.132 e. The van der Waals surface area contributed by atoms with Crippen molar-refractivity contribution in [1.82, 2.24) is 0 Å². The predicted octanol–water partition coefficient (Wildman–Crippen LogP) is 4.65. The van der Waals surface area contributed by atoms with Gasteiger partial charge in [0.25, 0.3) is 0 Å². The molecule has 2 saturated carbocycles. The van der Waals surface area contributed by atoms with Gasteiger partial charge in [-0.25, -0.2) is 0 Å². The summed E-state index contributed by atoms with van der Waals surface area (Å²) in [5.74, 6) is 4.32. The normalized spacial score (nSPS) is 36.2. The first-order valence-electron chi connectivity index (χ1n) is 7.98. The Kier molecular flexibility index (Phi) is 3.70. The first-order chi connectivity index (χ1) is 9.20. The van der Waals surface area contributed by atoms with Crippen molar-refractivity contribution in [2.24, 2.45) is 17.8 Å². The van der Waals surface area contributed by atoms with E-state index in [0.29, 0.717) is 17.8 Å². The van der Waals surface area contributed by atoms with Crippen molar-refractivity contribution in [3.63, 3.8) is 0 Å². The topological polar surface area (TPSA) is 33.4 Å². The monoisotopic (exact) mass is 262 g/mol. The molecule has 2 aliphatic carbocycles. The Bertz CT molecular complexity index is 423. The third kappa shape index (κ3) is 2.60.